The van der Waals surface area contributed by atoms with E-state index in [9.17, 15) is 15.2 Å². The minimum absolute atomic E-state index is 0.0368. The molecule has 1 saturated carbocycles. The average molecular weight is 427 g/mol. The van der Waals surface area contributed by atoms with Gasteiger partial charge in [0.15, 0.2) is 0 Å². The fourth-order valence-electron chi connectivity index (χ4n) is 4.76. The summed E-state index contributed by atoms with van der Waals surface area (Å²) in [5.74, 6) is -0.430. The lowest BCUT2D eigenvalue weighted by atomic mass is 9.93. The topological polar surface area (TPSA) is 81.7 Å². The fraction of sp³-hybridized carbons (Fsp3) is 0.583. The van der Waals surface area contributed by atoms with Gasteiger partial charge in [-0.05, 0) is 47.0 Å². The maximum atomic E-state index is 13.1. The van der Waals surface area contributed by atoms with Crippen molar-refractivity contribution in [3.63, 3.8) is 0 Å². The number of hydrogen-bond acceptors (Lipinski definition) is 6. The lowest BCUT2D eigenvalue weighted by Crippen LogP contribution is -2.33. The highest BCUT2D eigenvalue weighted by Gasteiger charge is 2.29. The number of aryl methyl sites for hydroxylation is 1. The van der Waals surface area contributed by atoms with Crippen LogP contribution in [-0.4, -0.2) is 59.2 Å². The van der Waals surface area contributed by atoms with Crippen molar-refractivity contribution in [3.8, 4) is 11.8 Å². The number of phenols is 1. The zero-order chi connectivity index (χ0) is 22.7. The Labute approximate surface area is 184 Å². The van der Waals surface area contributed by atoms with E-state index in [0.717, 1.165) is 24.1 Å². The van der Waals surface area contributed by atoms with Crippen molar-refractivity contribution in [3.05, 3.63) is 28.5 Å². The van der Waals surface area contributed by atoms with Gasteiger partial charge >= 0.3 is 5.97 Å². The third-order valence-electron chi connectivity index (χ3n) is 6.36. The first kappa shape index (κ1) is 23.1. The largest absolute Gasteiger partial charge is 0.506 e. The van der Waals surface area contributed by atoms with Gasteiger partial charge in [0, 0.05) is 42.8 Å². The van der Waals surface area contributed by atoms with Crippen LogP contribution < -0.4 is 0 Å². The number of phenolic OH excluding ortho intramolecular Hbond substituents is 1. The van der Waals surface area contributed by atoms with Crippen LogP contribution in [0, 0.1) is 11.3 Å². The van der Waals surface area contributed by atoms with Gasteiger partial charge in [-0.3, -0.25) is 4.90 Å². The summed E-state index contributed by atoms with van der Waals surface area (Å²) in [6.45, 7) is 3.08. The highest BCUT2D eigenvalue weighted by molar-refractivity contribution is 6.08. The number of esters is 1. The molecule has 168 valence electrons. The molecule has 1 N–H and O–H groups in total. The van der Waals surface area contributed by atoms with Crippen molar-refractivity contribution >= 4 is 16.9 Å². The number of aromatic nitrogens is 1. The number of carbonyl (C=O) groups excluding carboxylic acids is 1. The zero-order valence-electron chi connectivity index (χ0n) is 19.4. The summed E-state index contributed by atoms with van der Waals surface area (Å²) >= 11 is 0. The maximum absolute atomic E-state index is 13.1. The van der Waals surface area contributed by atoms with E-state index < -0.39 is 5.97 Å². The molecule has 0 unspecified atom stereocenters. The first-order chi connectivity index (χ1) is 14.8. The molecular formula is C24H34N4O3. The Morgan fingerprint density at radius 2 is 1.94 bits per heavy atom. The van der Waals surface area contributed by atoms with Gasteiger partial charge in [-0.25, -0.2) is 4.79 Å². The van der Waals surface area contributed by atoms with Gasteiger partial charge in [0.2, 0.25) is 0 Å². The quantitative estimate of drug-likeness (QED) is 0.679. The molecule has 2 aromatic rings. The van der Waals surface area contributed by atoms with Crippen LogP contribution in [-0.2, 0) is 24.9 Å². The van der Waals surface area contributed by atoms with Crippen molar-refractivity contribution in [1.29, 1.82) is 5.26 Å². The molecule has 7 heteroatoms. The molecule has 0 radical (unpaired) electrons. The molecule has 0 bridgehead atoms. The van der Waals surface area contributed by atoms with Crippen LogP contribution in [0.2, 0.25) is 0 Å². The lowest BCUT2D eigenvalue weighted by molar-refractivity contribution is 0.0526. The molecule has 1 fully saturated rings. The van der Waals surface area contributed by atoms with Crippen LogP contribution in [0.3, 0.4) is 0 Å². The first-order valence-electron chi connectivity index (χ1n) is 11.1. The number of nitrogens with zero attached hydrogens (tertiary/aromatic N) is 4. The lowest BCUT2D eigenvalue weighted by Gasteiger charge is -2.31. The summed E-state index contributed by atoms with van der Waals surface area (Å²) in [6, 6.07) is 4.24. The molecule has 3 rings (SSSR count). The second-order valence-electron chi connectivity index (χ2n) is 8.80. The molecule has 0 spiro atoms. The van der Waals surface area contributed by atoms with E-state index in [1.807, 2.05) is 30.6 Å². The van der Waals surface area contributed by atoms with E-state index in [-0.39, 0.29) is 17.9 Å². The SMILES string of the molecule is CCOC(=O)c1c(CN(C)C)n(C)c2cc(C#N)c(O)c(CN(C)C3CCCCC3)c12. The van der Waals surface area contributed by atoms with Gasteiger partial charge in [0.05, 0.1) is 23.3 Å². The van der Waals surface area contributed by atoms with Gasteiger partial charge < -0.3 is 19.3 Å². The summed E-state index contributed by atoms with van der Waals surface area (Å²) < 4.78 is 7.36. The third-order valence-corrected chi connectivity index (χ3v) is 6.36. The van der Waals surface area contributed by atoms with Gasteiger partial charge in [-0.2, -0.15) is 5.26 Å². The van der Waals surface area contributed by atoms with Gasteiger partial charge in [0.1, 0.15) is 11.8 Å². The van der Waals surface area contributed by atoms with Gasteiger partial charge in [0.25, 0.3) is 0 Å². The standard InChI is InChI=1S/C24H34N4O3/c1-6-31-24(30)22-20(15-26(2)3)28(5)19-12-16(13-25)23(29)18(21(19)22)14-27(4)17-10-8-7-9-11-17/h12,17,29H,6-11,14-15H2,1-5H3. The molecule has 0 atom stereocenters. The summed E-state index contributed by atoms with van der Waals surface area (Å²) in [6.07, 6.45) is 5.94. The second-order valence-corrected chi connectivity index (χ2v) is 8.80. The molecule has 0 aliphatic heterocycles. The van der Waals surface area contributed by atoms with E-state index in [1.165, 1.54) is 19.3 Å². The highest BCUT2D eigenvalue weighted by Crippen LogP contribution is 2.38. The number of ether oxygens (including phenoxy) is 1. The maximum Gasteiger partial charge on any atom is 0.340 e. The summed E-state index contributed by atoms with van der Waals surface area (Å²) in [7, 11) is 7.86. The number of fused-ring (bicyclic) bond motifs is 1. The number of rotatable bonds is 7. The normalized spacial score (nSPS) is 15.0. The van der Waals surface area contributed by atoms with Gasteiger partial charge in [-0.1, -0.05) is 19.3 Å². The average Bonchev–Trinajstić information content (AvgIpc) is 3.01. The van der Waals surface area contributed by atoms with Crippen LogP contribution in [0.1, 0.15) is 66.2 Å². The smallest absolute Gasteiger partial charge is 0.340 e. The van der Waals surface area contributed by atoms with Crippen LogP contribution >= 0.6 is 0 Å². The minimum Gasteiger partial charge on any atom is -0.506 e. The van der Waals surface area contributed by atoms with Crippen molar-refractivity contribution in [2.24, 2.45) is 7.05 Å². The predicted molar refractivity (Wildman–Crippen MR) is 121 cm³/mol. The molecule has 1 aromatic carbocycles. The molecule has 31 heavy (non-hydrogen) atoms. The van der Waals surface area contributed by atoms with Crippen molar-refractivity contribution < 1.29 is 14.6 Å². The predicted octanol–water partition coefficient (Wildman–Crippen LogP) is 3.76. The van der Waals surface area contributed by atoms with Crippen LogP contribution in [0.5, 0.6) is 5.75 Å². The Balaban J connectivity index is 2.24. The van der Waals surface area contributed by atoms with Crippen LogP contribution in [0.4, 0.5) is 0 Å². The van der Waals surface area contributed by atoms with Crippen molar-refractivity contribution in [2.45, 2.75) is 58.2 Å². The van der Waals surface area contributed by atoms with E-state index in [4.69, 9.17) is 4.74 Å². The molecule has 0 amide bonds. The highest BCUT2D eigenvalue weighted by atomic mass is 16.5. The zero-order valence-corrected chi connectivity index (χ0v) is 19.4. The summed E-state index contributed by atoms with van der Waals surface area (Å²) in [5.41, 5.74) is 2.92. The van der Waals surface area contributed by atoms with Crippen molar-refractivity contribution in [1.82, 2.24) is 14.4 Å². The molecule has 0 saturated heterocycles. The summed E-state index contributed by atoms with van der Waals surface area (Å²) in [5, 5.41) is 21.4. The number of carbonyl (C=O) groups is 1. The van der Waals surface area contributed by atoms with Crippen LogP contribution in [0.25, 0.3) is 10.9 Å². The van der Waals surface area contributed by atoms with E-state index in [1.54, 1.807) is 13.0 Å². The number of hydrogen-bond donors (Lipinski definition) is 1. The first-order valence-corrected chi connectivity index (χ1v) is 11.1. The molecule has 1 aromatic heterocycles. The van der Waals surface area contributed by atoms with Gasteiger partial charge in [-0.15, -0.1) is 0 Å². The number of benzene rings is 1. The molecule has 7 nitrogen and oxygen atoms in total. The number of aromatic hydroxyl groups is 1. The second kappa shape index (κ2) is 9.71. The van der Waals surface area contributed by atoms with E-state index >= 15 is 0 Å². The van der Waals surface area contributed by atoms with Crippen LogP contribution in [0.15, 0.2) is 6.07 Å². The molecule has 1 aliphatic rings. The van der Waals surface area contributed by atoms with Crippen molar-refractivity contribution in [2.75, 3.05) is 27.7 Å². The Bertz CT molecular complexity index is 997. The molecule has 1 heterocycles. The molecule has 1 aliphatic carbocycles. The number of nitriles is 1. The summed E-state index contributed by atoms with van der Waals surface area (Å²) in [4.78, 5) is 17.3. The fourth-order valence-corrected chi connectivity index (χ4v) is 4.76. The van der Waals surface area contributed by atoms with E-state index in [2.05, 4.69) is 18.0 Å². The molecular weight excluding hydrogens is 392 g/mol. The monoisotopic (exact) mass is 426 g/mol. The minimum atomic E-state index is -0.393. The Kier molecular flexibility index (Phi) is 7.24. The Morgan fingerprint density at radius 3 is 2.52 bits per heavy atom. The Hall–Kier alpha value is -2.56. The van der Waals surface area contributed by atoms with E-state index in [0.29, 0.717) is 35.6 Å². The third kappa shape index (κ3) is 4.56. The Morgan fingerprint density at radius 1 is 1.26 bits per heavy atom.